The van der Waals surface area contributed by atoms with Crippen molar-refractivity contribution < 1.29 is 35.2 Å². The minimum atomic E-state index is -2.11. The average Bonchev–Trinajstić information content (AvgIpc) is 0.717. The van der Waals surface area contributed by atoms with E-state index in [1.807, 2.05) is 126 Å². The number of nitrogens with zero attached hydrogens (tertiary/aromatic N) is 5. The number of aromatic nitrogens is 5. The lowest BCUT2D eigenvalue weighted by atomic mass is 9.74. The van der Waals surface area contributed by atoms with E-state index in [1.165, 1.54) is 188 Å². The van der Waals surface area contributed by atoms with Crippen molar-refractivity contribution in [2.45, 2.75) is 235 Å². The van der Waals surface area contributed by atoms with Gasteiger partial charge in [0.2, 0.25) is 28.5 Å². The van der Waals surface area contributed by atoms with E-state index >= 15 is 0 Å². The highest BCUT2D eigenvalue weighted by Gasteiger charge is 2.43. The number of fused-ring (bicyclic) bond motifs is 10. The van der Waals surface area contributed by atoms with Crippen molar-refractivity contribution in [3.8, 4) is 56.3 Å². The molecule has 0 aliphatic carbocycles. The van der Waals surface area contributed by atoms with Crippen molar-refractivity contribution in [3.63, 3.8) is 0 Å². The third-order valence-electron chi connectivity index (χ3n) is 27.4. The van der Waals surface area contributed by atoms with E-state index in [-0.39, 0.29) is 27.1 Å². The minimum Gasteiger partial charge on any atom is -0.201 e. The van der Waals surface area contributed by atoms with Crippen LogP contribution in [0.2, 0.25) is 0 Å². The van der Waals surface area contributed by atoms with Crippen LogP contribution in [0.25, 0.3) is 56.3 Å². The highest BCUT2D eigenvalue weighted by atomic mass is 32.2. The third-order valence-corrected chi connectivity index (χ3v) is 33.4. The van der Waals surface area contributed by atoms with Crippen LogP contribution in [0.1, 0.15) is 210 Å². The molecular weight excluding hydrogens is 1650 g/mol. The van der Waals surface area contributed by atoms with E-state index in [9.17, 15) is 0 Å². The first-order valence-electron chi connectivity index (χ1n) is 48.9. The summed E-state index contributed by atoms with van der Waals surface area (Å²) in [5.74, 6) is 0. The van der Waals surface area contributed by atoms with Gasteiger partial charge in [0.15, 0.2) is 31.0 Å². The molecule has 0 saturated heterocycles. The standard InChI is InChI=1S/3C24H26NS.2C23H24NS/c1-15-11-12-21-23(22(15)19-13-16(2)17(3)14-25(19)6)24(4,5)18-9-7-8-10-20(18)26-21;2*1-15-11-12-19-23(22(15)20-13-16(2)17(3)14-25(20)6)26-21-10-8-7-9-18(21)24(19,4)5;2*1-15-10-13-19(24(5)14-15)21-16(2)11-12-18-22(21)25-20-9-7-6-8-17(20)23(18,3)4/h3*7-14H,1-6H3;2*6-14H,1-5H3/q5*+1/i2*3D3;;1D3;. The molecule has 15 aromatic rings. The summed E-state index contributed by atoms with van der Waals surface area (Å²) in [6.07, 6.45) is 9.72. The first kappa shape index (κ1) is 79.8. The fourth-order valence-electron chi connectivity index (χ4n) is 19.7. The van der Waals surface area contributed by atoms with E-state index in [2.05, 4.69) is 360 Å². The van der Waals surface area contributed by atoms with E-state index in [0.717, 1.165) is 28.2 Å². The summed E-state index contributed by atoms with van der Waals surface area (Å²) >= 11 is 9.30. The molecule has 10 heterocycles. The largest absolute Gasteiger partial charge is 0.213 e. The summed E-state index contributed by atoms with van der Waals surface area (Å²) in [5.41, 5.74) is 38.4. The highest BCUT2D eigenvalue weighted by Crippen LogP contribution is 2.59. The molecule has 0 saturated carbocycles. The van der Waals surface area contributed by atoms with E-state index in [4.69, 9.17) is 12.3 Å². The first-order valence-corrected chi connectivity index (χ1v) is 48.5. The van der Waals surface area contributed by atoms with Gasteiger partial charge in [-0.3, -0.25) is 0 Å². The molecular formula is C118H126N5S5+5. The van der Waals surface area contributed by atoms with Crippen LogP contribution in [-0.2, 0) is 62.3 Å². The van der Waals surface area contributed by atoms with E-state index in [1.54, 1.807) is 24.7 Å². The smallest absolute Gasteiger partial charge is 0.201 e. The maximum Gasteiger partial charge on any atom is 0.213 e. The number of pyridine rings is 5. The number of rotatable bonds is 5. The number of benzene rings is 10. The predicted octanol–water partition coefficient (Wildman–Crippen LogP) is 28.9. The summed E-state index contributed by atoms with van der Waals surface area (Å²) in [6, 6.07) is 80.6. The number of aryl methyl sites for hydroxylation is 18. The highest BCUT2D eigenvalue weighted by molar-refractivity contribution is 8.00. The molecule has 0 atom stereocenters. The Bertz CT molecular complexity index is 7380. The topological polar surface area (TPSA) is 19.4 Å². The van der Waals surface area contributed by atoms with Crippen LogP contribution in [0.5, 0.6) is 0 Å². The number of hydrogen-bond acceptors (Lipinski definition) is 5. The maximum absolute atomic E-state index is 7.84. The van der Waals surface area contributed by atoms with Crippen LogP contribution >= 0.6 is 58.8 Å². The van der Waals surface area contributed by atoms with E-state index < -0.39 is 20.6 Å². The second kappa shape index (κ2) is 35.2. The first-order chi connectivity index (χ1) is 64.3. The van der Waals surface area contributed by atoms with Crippen molar-refractivity contribution in [3.05, 3.63) is 383 Å². The van der Waals surface area contributed by atoms with Gasteiger partial charge in [-0.05, 0) is 238 Å². The Labute approximate surface area is 798 Å². The second-order valence-corrected chi connectivity index (χ2v) is 43.6. The van der Waals surface area contributed by atoms with Gasteiger partial charge in [0.05, 0.1) is 27.8 Å². The minimum absolute atomic E-state index is 0.0118. The molecule has 648 valence electrons. The summed E-state index contributed by atoms with van der Waals surface area (Å²) < 4.78 is 80.5. The van der Waals surface area contributed by atoms with Gasteiger partial charge in [0, 0.05) is 147 Å². The van der Waals surface area contributed by atoms with Crippen molar-refractivity contribution in [2.75, 3.05) is 0 Å². The molecule has 5 nitrogen and oxygen atoms in total. The maximum atomic E-state index is 7.84. The molecule has 5 aliphatic heterocycles. The van der Waals surface area contributed by atoms with Crippen molar-refractivity contribution in [2.24, 2.45) is 35.2 Å². The lowest BCUT2D eigenvalue weighted by molar-refractivity contribution is -0.661. The number of hydrogen-bond donors (Lipinski definition) is 0. The summed E-state index contributed by atoms with van der Waals surface area (Å²) in [5, 5.41) is 0. The Hall–Kier alpha value is -10.3. The van der Waals surface area contributed by atoms with Crippen LogP contribution in [0.4, 0.5) is 0 Å². The van der Waals surface area contributed by atoms with Gasteiger partial charge in [-0.2, -0.15) is 0 Å². The SMILES string of the molecule is Cc1cc(-c2c(C)ccc3c2Sc2ccccc2C3(C)C)[n+](C)cc1C.Cc1ccc(-c2c(C)ccc3c2Sc2ccccc2C3(C)C)[n+](C)c1.[2H]C([2H])([2H])c1c[n+](C)c(-c2c(C)ccc3c2C(C)(C)c2ccccc2S3)cc1C.[2H]C([2H])([2H])c1c[n+](C)c(-c2c(C)ccc3c2Sc2ccccc2C3(C)C)cc1C.[2H]C([2H])([2H])c1ccc(-c2c(C)ccc3c2Sc2ccccc2C3(C)C)[n+](C)c1. The van der Waals surface area contributed by atoms with Gasteiger partial charge < -0.3 is 0 Å². The molecule has 0 amide bonds. The lowest BCUT2D eigenvalue weighted by Gasteiger charge is -2.36. The summed E-state index contributed by atoms with van der Waals surface area (Å²) in [4.78, 5) is 13.3. The Kier molecular flexibility index (Phi) is 21.9. The van der Waals surface area contributed by atoms with Gasteiger partial charge in [-0.15, -0.1) is 0 Å². The molecule has 0 N–H and O–H groups in total. The lowest BCUT2D eigenvalue weighted by Crippen LogP contribution is -2.34. The van der Waals surface area contributed by atoms with Gasteiger partial charge >= 0.3 is 0 Å². The molecule has 0 radical (unpaired) electrons. The fraction of sp³-hybridized carbons (Fsp3) is 0.280. The Morgan fingerprint density at radius 2 is 0.477 bits per heavy atom. The third kappa shape index (κ3) is 16.5. The average molecular weight is 1780 g/mol. The van der Waals surface area contributed by atoms with Gasteiger partial charge in [0.1, 0.15) is 35.2 Å². The Balaban J connectivity index is 0.000000124. The monoisotopic (exact) mass is 1780 g/mol. The van der Waals surface area contributed by atoms with Crippen LogP contribution in [0.3, 0.4) is 0 Å². The molecule has 0 bridgehead atoms. The second-order valence-electron chi connectivity index (χ2n) is 38.3. The molecule has 128 heavy (non-hydrogen) atoms. The molecule has 10 aromatic carbocycles. The summed E-state index contributed by atoms with van der Waals surface area (Å²) in [6.45, 7) is 38.0. The molecule has 10 heteroatoms. The zero-order chi connectivity index (χ0) is 98.9. The van der Waals surface area contributed by atoms with Crippen LogP contribution in [0, 0.1) is 89.8 Å². The van der Waals surface area contributed by atoms with Crippen LogP contribution < -0.4 is 22.8 Å². The van der Waals surface area contributed by atoms with E-state index in [0.29, 0.717) is 16.7 Å². The zero-order valence-corrected chi connectivity index (χ0v) is 83.1. The van der Waals surface area contributed by atoms with Gasteiger partial charge in [0.25, 0.3) is 0 Å². The molecule has 5 aliphatic rings. The molecule has 20 rings (SSSR count). The van der Waals surface area contributed by atoms with Gasteiger partial charge in [-0.1, -0.05) is 274 Å². The van der Waals surface area contributed by atoms with Crippen LogP contribution in [-0.4, -0.2) is 0 Å². The van der Waals surface area contributed by atoms with Crippen molar-refractivity contribution >= 4 is 58.8 Å². The molecule has 0 fully saturated rings. The van der Waals surface area contributed by atoms with Gasteiger partial charge in [-0.25, -0.2) is 22.8 Å². The predicted molar refractivity (Wildman–Crippen MR) is 540 cm³/mol. The molecule has 0 unspecified atom stereocenters. The van der Waals surface area contributed by atoms with Crippen molar-refractivity contribution in [1.29, 1.82) is 0 Å². The zero-order valence-electron chi connectivity index (χ0n) is 88.0. The fourth-order valence-corrected chi connectivity index (χ4v) is 27.6. The molecule has 0 spiro atoms. The van der Waals surface area contributed by atoms with Crippen molar-refractivity contribution in [1.82, 2.24) is 0 Å². The normalized spacial score (nSPS) is 16.1. The Morgan fingerprint density at radius 3 is 0.812 bits per heavy atom. The van der Waals surface area contributed by atoms with Crippen LogP contribution in [0.15, 0.2) is 304 Å². The quantitative estimate of drug-likeness (QED) is 0.160. The molecule has 5 aromatic heterocycles. The summed E-state index contributed by atoms with van der Waals surface area (Å²) in [7, 11) is 10.1. The Morgan fingerprint density at radius 1 is 0.211 bits per heavy atom.